The van der Waals surface area contributed by atoms with Gasteiger partial charge in [0.25, 0.3) is 5.91 Å². The Morgan fingerprint density at radius 2 is 1.88 bits per heavy atom. The van der Waals surface area contributed by atoms with Crippen molar-refractivity contribution in [3.63, 3.8) is 0 Å². The van der Waals surface area contributed by atoms with E-state index in [2.05, 4.69) is 5.32 Å². The highest BCUT2D eigenvalue weighted by atomic mass is 32.1. The Morgan fingerprint density at radius 1 is 1.08 bits per heavy atom. The summed E-state index contributed by atoms with van der Waals surface area (Å²) < 4.78 is 0. The summed E-state index contributed by atoms with van der Waals surface area (Å²) in [7, 11) is 0. The quantitative estimate of drug-likeness (QED) is 0.673. The molecule has 0 aliphatic carbocycles. The van der Waals surface area contributed by atoms with Crippen molar-refractivity contribution in [2.75, 3.05) is 5.32 Å². The van der Waals surface area contributed by atoms with Gasteiger partial charge in [0, 0.05) is 15.8 Å². The lowest BCUT2D eigenvalue weighted by atomic mass is 10.1. The normalized spacial score (nSPS) is 10.8. The zero-order valence-electron chi connectivity index (χ0n) is 12.6. The van der Waals surface area contributed by atoms with Crippen molar-refractivity contribution in [2.24, 2.45) is 5.73 Å². The number of thiophene rings is 2. The molecule has 0 aliphatic heterocycles. The van der Waals surface area contributed by atoms with Crippen LogP contribution in [0, 0.1) is 0 Å². The number of anilines is 1. The Labute approximate surface area is 147 Å². The molecular formula is C18H14N2O2S2. The highest BCUT2D eigenvalue weighted by Gasteiger charge is 2.16. The third-order valence-corrected chi connectivity index (χ3v) is 5.17. The van der Waals surface area contributed by atoms with Crippen molar-refractivity contribution in [3.8, 4) is 10.4 Å². The predicted octanol–water partition coefficient (Wildman–Crippen LogP) is 4.23. The molecule has 0 fully saturated rings. The molecule has 3 N–H and O–H groups in total. The molecule has 0 unspecified atom stereocenters. The van der Waals surface area contributed by atoms with E-state index in [0.717, 1.165) is 15.3 Å². The van der Waals surface area contributed by atoms with Crippen LogP contribution in [-0.2, 0) is 4.79 Å². The topological polar surface area (TPSA) is 72.2 Å². The van der Waals surface area contributed by atoms with Gasteiger partial charge in [0.2, 0.25) is 5.91 Å². The fourth-order valence-electron chi connectivity index (χ4n) is 2.11. The molecule has 6 heteroatoms. The van der Waals surface area contributed by atoms with E-state index < -0.39 is 5.91 Å². The Bertz CT molecular complexity index is 881. The van der Waals surface area contributed by atoms with Gasteiger partial charge in [-0.1, -0.05) is 36.4 Å². The number of hydrogen-bond acceptors (Lipinski definition) is 4. The van der Waals surface area contributed by atoms with E-state index in [0.29, 0.717) is 10.6 Å². The third-order valence-electron chi connectivity index (χ3n) is 3.23. The van der Waals surface area contributed by atoms with Gasteiger partial charge in [0.15, 0.2) is 0 Å². The maximum atomic E-state index is 12.1. The molecule has 0 atom stereocenters. The number of nitrogens with two attached hydrogens (primary N) is 1. The zero-order valence-corrected chi connectivity index (χ0v) is 14.2. The second-order valence-electron chi connectivity index (χ2n) is 4.92. The number of carbonyl (C=O) groups excluding carboxylic acids is 2. The van der Waals surface area contributed by atoms with Gasteiger partial charge in [-0.15, -0.1) is 22.7 Å². The molecule has 0 aliphatic rings. The fourth-order valence-corrected chi connectivity index (χ4v) is 3.80. The van der Waals surface area contributed by atoms with Crippen LogP contribution in [0.25, 0.3) is 16.5 Å². The standard InChI is InChI=1S/C18H14N2O2S2/c19-17(22)14-11-15(12-5-2-1-3-6-12)24-18(14)20-16(21)9-8-13-7-4-10-23-13/h1-11H,(H2,19,22)(H,20,21)/b9-8+. The summed E-state index contributed by atoms with van der Waals surface area (Å²) in [6.07, 6.45) is 3.17. The minimum atomic E-state index is -0.564. The van der Waals surface area contributed by atoms with Gasteiger partial charge in [-0.2, -0.15) is 0 Å². The molecule has 1 aromatic carbocycles. The van der Waals surface area contributed by atoms with Crippen LogP contribution < -0.4 is 11.1 Å². The molecule has 4 nitrogen and oxygen atoms in total. The van der Waals surface area contributed by atoms with Crippen molar-refractivity contribution in [2.45, 2.75) is 0 Å². The van der Waals surface area contributed by atoms with Gasteiger partial charge in [0.05, 0.1) is 5.56 Å². The Balaban J connectivity index is 1.83. The molecule has 2 aromatic heterocycles. The molecule has 24 heavy (non-hydrogen) atoms. The van der Waals surface area contributed by atoms with Crippen LogP contribution in [-0.4, -0.2) is 11.8 Å². The minimum absolute atomic E-state index is 0.299. The van der Waals surface area contributed by atoms with Crippen LogP contribution in [0.3, 0.4) is 0 Å². The van der Waals surface area contributed by atoms with E-state index >= 15 is 0 Å². The molecule has 0 bridgehead atoms. The summed E-state index contributed by atoms with van der Waals surface area (Å²) in [6.45, 7) is 0. The summed E-state index contributed by atoms with van der Waals surface area (Å²) in [5.74, 6) is -0.863. The number of benzene rings is 1. The third kappa shape index (κ3) is 3.79. The van der Waals surface area contributed by atoms with E-state index in [1.165, 1.54) is 17.4 Å². The average Bonchev–Trinajstić information content (AvgIpc) is 3.23. The number of nitrogens with one attached hydrogen (secondary N) is 1. The summed E-state index contributed by atoms with van der Waals surface area (Å²) in [4.78, 5) is 25.6. The maximum absolute atomic E-state index is 12.1. The number of rotatable bonds is 5. The van der Waals surface area contributed by atoms with Crippen LogP contribution in [0.2, 0.25) is 0 Å². The van der Waals surface area contributed by atoms with Gasteiger partial charge < -0.3 is 11.1 Å². The maximum Gasteiger partial charge on any atom is 0.251 e. The monoisotopic (exact) mass is 354 g/mol. The first-order valence-corrected chi connectivity index (χ1v) is 8.85. The van der Waals surface area contributed by atoms with Crippen molar-refractivity contribution in [1.29, 1.82) is 0 Å². The highest BCUT2D eigenvalue weighted by Crippen LogP contribution is 2.35. The van der Waals surface area contributed by atoms with Crippen molar-refractivity contribution in [1.82, 2.24) is 0 Å². The Morgan fingerprint density at radius 3 is 2.54 bits per heavy atom. The average molecular weight is 354 g/mol. The van der Waals surface area contributed by atoms with Crippen LogP contribution in [0.5, 0.6) is 0 Å². The van der Waals surface area contributed by atoms with Gasteiger partial charge in [-0.05, 0) is 29.2 Å². The van der Waals surface area contributed by atoms with E-state index in [1.54, 1.807) is 23.5 Å². The SMILES string of the molecule is NC(=O)c1cc(-c2ccccc2)sc1NC(=O)/C=C/c1cccs1. The fraction of sp³-hybridized carbons (Fsp3) is 0. The van der Waals surface area contributed by atoms with E-state index in [4.69, 9.17) is 5.73 Å². The lowest BCUT2D eigenvalue weighted by molar-refractivity contribution is -0.111. The number of carbonyl (C=O) groups is 2. The second-order valence-corrected chi connectivity index (χ2v) is 6.95. The van der Waals surface area contributed by atoms with Crippen molar-refractivity contribution < 1.29 is 9.59 Å². The van der Waals surface area contributed by atoms with E-state index in [9.17, 15) is 9.59 Å². The molecule has 3 aromatic rings. The zero-order chi connectivity index (χ0) is 16.9. The first-order valence-electron chi connectivity index (χ1n) is 7.15. The molecule has 120 valence electrons. The second kappa shape index (κ2) is 7.25. The van der Waals surface area contributed by atoms with E-state index in [1.807, 2.05) is 47.8 Å². The summed E-state index contributed by atoms with van der Waals surface area (Å²) in [5.41, 5.74) is 6.72. The smallest absolute Gasteiger partial charge is 0.251 e. The highest BCUT2D eigenvalue weighted by molar-refractivity contribution is 7.20. The van der Waals surface area contributed by atoms with E-state index in [-0.39, 0.29) is 5.91 Å². The first-order chi connectivity index (χ1) is 11.6. The number of amides is 2. The largest absolute Gasteiger partial charge is 0.366 e. The molecule has 3 rings (SSSR count). The lowest BCUT2D eigenvalue weighted by Crippen LogP contribution is -2.14. The van der Waals surface area contributed by atoms with Crippen LogP contribution in [0.1, 0.15) is 15.2 Å². The molecule has 0 saturated heterocycles. The molecule has 0 radical (unpaired) electrons. The molecule has 0 saturated carbocycles. The van der Waals surface area contributed by atoms with Gasteiger partial charge in [-0.3, -0.25) is 9.59 Å². The van der Waals surface area contributed by atoms with Crippen molar-refractivity contribution >= 4 is 45.6 Å². The minimum Gasteiger partial charge on any atom is -0.366 e. The lowest BCUT2D eigenvalue weighted by Gasteiger charge is -2.00. The Hall–Kier alpha value is -2.70. The van der Waals surface area contributed by atoms with Crippen LogP contribution in [0.4, 0.5) is 5.00 Å². The first kappa shape index (κ1) is 16.2. The summed E-state index contributed by atoms with van der Waals surface area (Å²) in [5, 5.41) is 5.14. The van der Waals surface area contributed by atoms with Crippen LogP contribution >= 0.6 is 22.7 Å². The summed E-state index contributed by atoms with van der Waals surface area (Å²) >= 11 is 2.87. The molecular weight excluding hydrogens is 340 g/mol. The van der Waals surface area contributed by atoms with Crippen molar-refractivity contribution in [3.05, 3.63) is 70.4 Å². The van der Waals surface area contributed by atoms with Crippen LogP contribution in [0.15, 0.2) is 60.0 Å². The van der Waals surface area contributed by atoms with Gasteiger partial charge in [0.1, 0.15) is 5.00 Å². The summed E-state index contributed by atoms with van der Waals surface area (Å²) in [6, 6.07) is 15.2. The molecule has 2 amide bonds. The number of hydrogen-bond donors (Lipinski definition) is 2. The number of primary amides is 1. The van der Waals surface area contributed by atoms with Gasteiger partial charge >= 0.3 is 0 Å². The molecule has 0 spiro atoms. The predicted molar refractivity (Wildman–Crippen MR) is 100 cm³/mol. The molecule has 2 heterocycles. The Kier molecular flexibility index (Phi) is 4.88. The van der Waals surface area contributed by atoms with Gasteiger partial charge in [-0.25, -0.2) is 0 Å².